The van der Waals surface area contributed by atoms with E-state index >= 15 is 0 Å². The van der Waals surface area contributed by atoms with Crippen LogP contribution in [-0.2, 0) is 16.0 Å². The molecule has 2 aromatic heterocycles. The topological polar surface area (TPSA) is 59.4 Å². The van der Waals surface area contributed by atoms with Crippen molar-refractivity contribution in [1.82, 2.24) is 4.98 Å². The Hall–Kier alpha value is -1.24. The molecule has 1 atom stereocenters. The average Bonchev–Trinajstić information content (AvgIpc) is 2.97. The lowest BCUT2D eigenvalue weighted by atomic mass is 10.1. The van der Waals surface area contributed by atoms with Gasteiger partial charge in [-0.1, -0.05) is 13.8 Å². The predicted molar refractivity (Wildman–Crippen MR) is 81.4 cm³/mol. The summed E-state index contributed by atoms with van der Waals surface area (Å²) in [5.41, 5.74) is 0.898. The second kappa shape index (κ2) is 6.47. The van der Waals surface area contributed by atoms with Gasteiger partial charge in [-0.2, -0.15) is 0 Å². The summed E-state index contributed by atoms with van der Waals surface area (Å²) in [6.45, 7) is 4.21. The molecule has 2 aromatic rings. The predicted octanol–water partition coefficient (Wildman–Crippen LogP) is 3.84. The first-order chi connectivity index (χ1) is 9.51. The third-order valence-electron chi connectivity index (χ3n) is 2.86. The van der Waals surface area contributed by atoms with Gasteiger partial charge in [0.25, 0.3) is 0 Å². The van der Waals surface area contributed by atoms with Crippen molar-refractivity contribution < 1.29 is 14.6 Å². The number of carbonyl (C=O) groups is 1. The molecule has 0 amide bonds. The first kappa shape index (κ1) is 15.2. The minimum absolute atomic E-state index is 0.00667. The Bertz CT molecular complexity index is 589. The van der Waals surface area contributed by atoms with Gasteiger partial charge in [0.15, 0.2) is 0 Å². The molecule has 0 aliphatic rings. The molecule has 1 N–H and O–H groups in total. The highest BCUT2D eigenvalue weighted by Crippen LogP contribution is 2.34. The zero-order valence-corrected chi connectivity index (χ0v) is 13.3. The van der Waals surface area contributed by atoms with Gasteiger partial charge in [0.1, 0.15) is 11.1 Å². The lowest BCUT2D eigenvalue weighted by Gasteiger charge is -2.15. The molecule has 0 aromatic carbocycles. The number of thiophene rings is 1. The van der Waals surface area contributed by atoms with Crippen LogP contribution in [-0.4, -0.2) is 23.2 Å². The van der Waals surface area contributed by atoms with Crippen molar-refractivity contribution in [2.24, 2.45) is 5.92 Å². The lowest BCUT2D eigenvalue weighted by molar-refractivity contribution is -0.136. The largest absolute Gasteiger partial charge is 0.481 e. The van der Waals surface area contributed by atoms with Crippen LogP contribution in [0.5, 0.6) is 0 Å². The monoisotopic (exact) mass is 311 g/mol. The van der Waals surface area contributed by atoms with E-state index in [9.17, 15) is 4.79 Å². The molecule has 2 heterocycles. The van der Waals surface area contributed by atoms with Crippen molar-refractivity contribution in [3.8, 4) is 10.6 Å². The molecule has 0 aliphatic carbocycles. The molecule has 2 rings (SSSR count). The lowest BCUT2D eigenvalue weighted by Crippen LogP contribution is -2.08. The van der Waals surface area contributed by atoms with E-state index in [1.807, 2.05) is 17.5 Å². The summed E-state index contributed by atoms with van der Waals surface area (Å²) in [6, 6.07) is 3.78. The van der Waals surface area contributed by atoms with Crippen LogP contribution in [0.4, 0.5) is 0 Å². The zero-order valence-electron chi connectivity index (χ0n) is 11.6. The number of hydrogen-bond donors (Lipinski definition) is 1. The Morgan fingerprint density at radius 1 is 1.45 bits per heavy atom. The second-order valence-corrected chi connectivity index (χ2v) is 6.87. The number of methoxy groups -OCH3 is 1. The summed E-state index contributed by atoms with van der Waals surface area (Å²) >= 11 is 3.06. The van der Waals surface area contributed by atoms with Gasteiger partial charge >= 0.3 is 5.97 Å². The summed E-state index contributed by atoms with van der Waals surface area (Å²) in [6.07, 6.45) is 0.0705. The van der Waals surface area contributed by atoms with Crippen LogP contribution in [0.2, 0.25) is 0 Å². The van der Waals surface area contributed by atoms with Gasteiger partial charge in [-0.05, 0) is 18.1 Å². The maximum atomic E-state index is 10.7. The standard InChI is InChI=1S/C14H17NO3S2/c1-8(2)13(18-3)14-15-10(7-19-14)11-5-4-9(20-11)6-12(16)17/h4-5,7-8,13H,6H2,1-3H3,(H,16,17). The average molecular weight is 311 g/mol. The van der Waals surface area contributed by atoms with E-state index in [2.05, 4.69) is 18.8 Å². The van der Waals surface area contributed by atoms with Crippen molar-refractivity contribution in [1.29, 1.82) is 0 Å². The van der Waals surface area contributed by atoms with Gasteiger partial charge in [0.2, 0.25) is 0 Å². The fourth-order valence-corrected chi connectivity index (χ4v) is 4.05. The molecule has 1 unspecified atom stereocenters. The number of hydrogen-bond acceptors (Lipinski definition) is 5. The fraction of sp³-hybridized carbons (Fsp3) is 0.429. The Labute approximate surface area is 126 Å². The zero-order chi connectivity index (χ0) is 14.7. The Morgan fingerprint density at radius 3 is 2.80 bits per heavy atom. The van der Waals surface area contributed by atoms with Gasteiger partial charge in [-0.3, -0.25) is 4.79 Å². The van der Waals surface area contributed by atoms with Crippen molar-refractivity contribution in [3.05, 3.63) is 27.4 Å². The van der Waals surface area contributed by atoms with Crippen LogP contribution < -0.4 is 0 Å². The number of thiazole rings is 1. The van der Waals surface area contributed by atoms with E-state index in [4.69, 9.17) is 9.84 Å². The summed E-state index contributed by atoms with van der Waals surface area (Å²) in [5.74, 6) is -0.443. The van der Waals surface area contributed by atoms with Gasteiger partial charge in [0.05, 0.1) is 17.0 Å². The van der Waals surface area contributed by atoms with E-state index in [-0.39, 0.29) is 12.5 Å². The van der Waals surface area contributed by atoms with Crippen LogP contribution in [0.15, 0.2) is 17.5 Å². The van der Waals surface area contributed by atoms with Gasteiger partial charge < -0.3 is 9.84 Å². The van der Waals surface area contributed by atoms with Crippen molar-refractivity contribution in [2.45, 2.75) is 26.4 Å². The van der Waals surface area contributed by atoms with Gasteiger partial charge in [-0.15, -0.1) is 22.7 Å². The normalized spacial score (nSPS) is 12.8. The summed E-state index contributed by atoms with van der Waals surface area (Å²) in [7, 11) is 1.70. The molecule has 4 nitrogen and oxygen atoms in total. The van der Waals surface area contributed by atoms with E-state index in [0.29, 0.717) is 5.92 Å². The number of aromatic nitrogens is 1. The molecule has 6 heteroatoms. The van der Waals surface area contributed by atoms with Crippen molar-refractivity contribution >= 4 is 28.6 Å². The highest BCUT2D eigenvalue weighted by molar-refractivity contribution is 7.16. The Kier molecular flexibility index (Phi) is 4.91. The molecule has 20 heavy (non-hydrogen) atoms. The quantitative estimate of drug-likeness (QED) is 0.880. The van der Waals surface area contributed by atoms with E-state index in [0.717, 1.165) is 20.5 Å². The first-order valence-corrected chi connectivity index (χ1v) is 8.00. The molecular weight excluding hydrogens is 294 g/mol. The fourth-order valence-electron chi connectivity index (χ4n) is 1.95. The molecular formula is C14H17NO3S2. The van der Waals surface area contributed by atoms with Crippen LogP contribution in [0.25, 0.3) is 10.6 Å². The maximum Gasteiger partial charge on any atom is 0.308 e. The Morgan fingerprint density at radius 2 is 2.20 bits per heavy atom. The van der Waals surface area contributed by atoms with E-state index in [1.165, 1.54) is 11.3 Å². The highest BCUT2D eigenvalue weighted by atomic mass is 32.1. The Balaban J connectivity index is 2.20. The number of ether oxygens (including phenoxy) is 1. The molecule has 0 fully saturated rings. The number of aliphatic carboxylic acids is 1. The third-order valence-corrected chi connectivity index (χ3v) is 4.88. The highest BCUT2D eigenvalue weighted by Gasteiger charge is 2.19. The number of carboxylic acid groups (broad SMARTS) is 1. The molecule has 0 bridgehead atoms. The van der Waals surface area contributed by atoms with E-state index in [1.54, 1.807) is 18.4 Å². The molecule has 0 radical (unpaired) electrons. The van der Waals surface area contributed by atoms with Crippen LogP contribution in [0, 0.1) is 5.92 Å². The van der Waals surface area contributed by atoms with Crippen LogP contribution in [0.1, 0.15) is 29.8 Å². The summed E-state index contributed by atoms with van der Waals surface area (Å²) in [4.78, 5) is 17.2. The van der Waals surface area contributed by atoms with Crippen LogP contribution >= 0.6 is 22.7 Å². The molecule has 0 saturated carbocycles. The maximum absolute atomic E-state index is 10.7. The summed E-state index contributed by atoms with van der Waals surface area (Å²) in [5, 5.41) is 11.8. The van der Waals surface area contributed by atoms with Gasteiger partial charge in [0, 0.05) is 17.4 Å². The molecule has 0 spiro atoms. The van der Waals surface area contributed by atoms with Crippen LogP contribution in [0.3, 0.4) is 0 Å². The second-order valence-electron chi connectivity index (χ2n) is 4.81. The molecule has 0 aliphatic heterocycles. The van der Waals surface area contributed by atoms with Crippen molar-refractivity contribution in [3.63, 3.8) is 0 Å². The first-order valence-electron chi connectivity index (χ1n) is 6.30. The number of nitrogens with zero attached hydrogens (tertiary/aromatic N) is 1. The molecule has 0 saturated heterocycles. The SMILES string of the molecule is COC(c1nc(-c2ccc(CC(=O)O)s2)cs1)C(C)C. The smallest absolute Gasteiger partial charge is 0.308 e. The third kappa shape index (κ3) is 3.45. The summed E-state index contributed by atoms with van der Waals surface area (Å²) < 4.78 is 5.48. The number of rotatable bonds is 6. The number of carboxylic acids is 1. The minimum Gasteiger partial charge on any atom is -0.481 e. The minimum atomic E-state index is -0.809. The van der Waals surface area contributed by atoms with Gasteiger partial charge in [-0.25, -0.2) is 4.98 Å². The van der Waals surface area contributed by atoms with E-state index < -0.39 is 5.97 Å². The molecule has 108 valence electrons. The van der Waals surface area contributed by atoms with Crippen molar-refractivity contribution in [2.75, 3.05) is 7.11 Å².